The third-order valence-corrected chi connectivity index (χ3v) is 4.53. The van der Waals surface area contributed by atoms with Crippen LogP contribution in [0.2, 0.25) is 0 Å². The molecule has 152 valence electrons. The summed E-state index contributed by atoms with van der Waals surface area (Å²) < 4.78 is 7.28. The zero-order valence-electron chi connectivity index (χ0n) is 17.5. The second-order valence-corrected chi connectivity index (χ2v) is 6.92. The highest BCUT2D eigenvalue weighted by Crippen LogP contribution is 2.11. The minimum atomic E-state index is -0.0262. The molecule has 28 heavy (non-hydrogen) atoms. The second kappa shape index (κ2) is 10.4. The molecule has 2 rings (SSSR count). The number of aliphatic imine (C=N–C) groups is 1. The number of ether oxygens (including phenoxy) is 1. The molecule has 0 fully saturated rings. The van der Waals surface area contributed by atoms with Crippen LogP contribution in [0.4, 0.5) is 0 Å². The van der Waals surface area contributed by atoms with Crippen LogP contribution in [0.3, 0.4) is 0 Å². The van der Waals surface area contributed by atoms with Gasteiger partial charge in [0.2, 0.25) is 5.91 Å². The van der Waals surface area contributed by atoms with Gasteiger partial charge in [0.15, 0.2) is 5.96 Å². The van der Waals surface area contributed by atoms with Crippen molar-refractivity contribution in [3.8, 4) is 5.75 Å². The van der Waals surface area contributed by atoms with Crippen molar-refractivity contribution in [3.63, 3.8) is 0 Å². The fourth-order valence-corrected chi connectivity index (χ4v) is 2.68. The summed E-state index contributed by atoms with van der Waals surface area (Å²) in [6.45, 7) is 1.54. The number of likely N-dealkylation sites (N-methyl/N-ethyl adjacent to an activating group) is 1. The number of hydrogen-bond donors (Lipinski definition) is 1. The second-order valence-electron chi connectivity index (χ2n) is 6.92. The molecule has 1 amide bonds. The number of carbonyl (C=O) groups is 1. The van der Waals surface area contributed by atoms with Gasteiger partial charge in [0.1, 0.15) is 12.3 Å². The highest BCUT2D eigenvalue weighted by Gasteiger charge is 2.11. The molecule has 1 aromatic carbocycles. The van der Waals surface area contributed by atoms with E-state index in [0.717, 1.165) is 18.7 Å². The van der Waals surface area contributed by atoms with Crippen molar-refractivity contribution in [1.82, 2.24) is 19.7 Å². The molecule has 0 aliphatic rings. The lowest BCUT2D eigenvalue weighted by Crippen LogP contribution is -2.40. The molecule has 7 heteroatoms. The Labute approximate surface area is 167 Å². The van der Waals surface area contributed by atoms with Crippen molar-refractivity contribution >= 4 is 11.9 Å². The Morgan fingerprint density at radius 3 is 2.46 bits per heavy atom. The topological polar surface area (TPSA) is 62.1 Å². The molecule has 0 aliphatic carbocycles. The average molecular weight is 386 g/mol. The van der Waals surface area contributed by atoms with Gasteiger partial charge >= 0.3 is 0 Å². The summed E-state index contributed by atoms with van der Waals surface area (Å²) in [6, 6.07) is 12.1. The SMILES string of the molecule is COc1ccc(CCNC(=NCC(=O)N(C)C)N(C)Cc2cccn2C)cc1. The number of carbonyl (C=O) groups excluding carboxylic acids is 1. The van der Waals surface area contributed by atoms with E-state index < -0.39 is 0 Å². The molecular weight excluding hydrogens is 354 g/mol. The van der Waals surface area contributed by atoms with Crippen LogP contribution >= 0.6 is 0 Å². The molecule has 0 atom stereocenters. The van der Waals surface area contributed by atoms with E-state index >= 15 is 0 Å². The maximum atomic E-state index is 12.0. The van der Waals surface area contributed by atoms with Crippen LogP contribution in [-0.4, -0.2) is 67.6 Å². The van der Waals surface area contributed by atoms with Crippen molar-refractivity contribution in [2.45, 2.75) is 13.0 Å². The maximum absolute atomic E-state index is 12.0. The van der Waals surface area contributed by atoms with Gasteiger partial charge < -0.3 is 24.4 Å². The van der Waals surface area contributed by atoms with Gasteiger partial charge in [-0.3, -0.25) is 4.79 Å². The average Bonchev–Trinajstić information content (AvgIpc) is 3.09. The van der Waals surface area contributed by atoms with E-state index in [-0.39, 0.29) is 12.5 Å². The van der Waals surface area contributed by atoms with Crippen LogP contribution in [0.15, 0.2) is 47.6 Å². The number of methoxy groups -OCH3 is 1. The van der Waals surface area contributed by atoms with Crippen LogP contribution in [0.1, 0.15) is 11.3 Å². The summed E-state index contributed by atoms with van der Waals surface area (Å²) in [5.41, 5.74) is 2.38. The number of nitrogens with one attached hydrogen (secondary N) is 1. The molecule has 1 aromatic heterocycles. The molecule has 0 aliphatic heterocycles. The molecule has 7 nitrogen and oxygen atoms in total. The van der Waals surface area contributed by atoms with Gasteiger partial charge in [-0.15, -0.1) is 0 Å². The number of rotatable bonds is 8. The molecular formula is C21H31N5O2. The summed E-state index contributed by atoms with van der Waals surface area (Å²) in [5.74, 6) is 1.54. The zero-order chi connectivity index (χ0) is 20.5. The molecule has 0 saturated heterocycles. The van der Waals surface area contributed by atoms with Gasteiger partial charge in [0.05, 0.1) is 13.7 Å². The first-order valence-electron chi connectivity index (χ1n) is 9.33. The summed E-state index contributed by atoms with van der Waals surface area (Å²) in [7, 11) is 9.14. The number of hydrogen-bond acceptors (Lipinski definition) is 3. The first-order chi connectivity index (χ1) is 13.4. The van der Waals surface area contributed by atoms with Gasteiger partial charge in [0.25, 0.3) is 0 Å². The molecule has 0 unspecified atom stereocenters. The van der Waals surface area contributed by atoms with Gasteiger partial charge in [-0.2, -0.15) is 0 Å². The zero-order valence-corrected chi connectivity index (χ0v) is 17.5. The standard InChI is InChI=1S/C21H31N5O2/c1-24(2)20(27)15-23-21(26(4)16-18-7-6-14-25(18)3)22-13-12-17-8-10-19(28-5)11-9-17/h6-11,14H,12-13,15-16H2,1-5H3,(H,22,23). The van der Waals surface area contributed by atoms with Crippen LogP contribution in [-0.2, 0) is 24.8 Å². The number of amides is 1. The number of guanidine groups is 1. The Morgan fingerprint density at radius 2 is 1.89 bits per heavy atom. The van der Waals surface area contributed by atoms with E-state index in [9.17, 15) is 4.79 Å². The lowest BCUT2D eigenvalue weighted by Gasteiger charge is -2.23. The van der Waals surface area contributed by atoms with Gasteiger partial charge in [-0.25, -0.2) is 4.99 Å². The lowest BCUT2D eigenvalue weighted by molar-refractivity contribution is -0.127. The van der Waals surface area contributed by atoms with Crippen LogP contribution in [0.5, 0.6) is 5.75 Å². The summed E-state index contributed by atoms with van der Waals surface area (Å²) in [4.78, 5) is 20.1. The first kappa shape index (κ1) is 21.3. The van der Waals surface area contributed by atoms with E-state index in [2.05, 4.69) is 33.1 Å². The molecule has 0 bridgehead atoms. The fraction of sp³-hybridized carbons (Fsp3) is 0.429. The number of nitrogens with zero attached hydrogens (tertiary/aromatic N) is 4. The number of aromatic nitrogens is 1. The quantitative estimate of drug-likeness (QED) is 0.555. The Morgan fingerprint density at radius 1 is 1.18 bits per heavy atom. The van der Waals surface area contributed by atoms with E-state index in [1.54, 1.807) is 26.1 Å². The monoisotopic (exact) mass is 385 g/mol. The minimum Gasteiger partial charge on any atom is -0.497 e. The predicted molar refractivity (Wildman–Crippen MR) is 113 cm³/mol. The van der Waals surface area contributed by atoms with Gasteiger partial charge in [-0.1, -0.05) is 12.1 Å². The predicted octanol–water partition coefficient (Wildman–Crippen LogP) is 1.74. The van der Waals surface area contributed by atoms with E-state index in [1.807, 2.05) is 43.4 Å². The van der Waals surface area contributed by atoms with Crippen molar-refractivity contribution in [2.75, 3.05) is 41.3 Å². The Hall–Kier alpha value is -2.96. The molecule has 1 heterocycles. The Balaban J connectivity index is 2.00. The third-order valence-electron chi connectivity index (χ3n) is 4.53. The van der Waals surface area contributed by atoms with Crippen LogP contribution in [0, 0.1) is 0 Å². The summed E-state index contributed by atoms with van der Waals surface area (Å²) in [6.07, 6.45) is 2.87. The molecule has 0 saturated carbocycles. The van der Waals surface area contributed by atoms with E-state index in [0.29, 0.717) is 12.5 Å². The lowest BCUT2D eigenvalue weighted by atomic mass is 10.1. The highest BCUT2D eigenvalue weighted by molar-refractivity contribution is 5.84. The fourth-order valence-electron chi connectivity index (χ4n) is 2.68. The van der Waals surface area contributed by atoms with Crippen molar-refractivity contribution in [3.05, 3.63) is 53.9 Å². The van der Waals surface area contributed by atoms with Crippen molar-refractivity contribution < 1.29 is 9.53 Å². The largest absolute Gasteiger partial charge is 0.497 e. The van der Waals surface area contributed by atoms with E-state index in [1.165, 1.54) is 11.3 Å². The highest BCUT2D eigenvalue weighted by atomic mass is 16.5. The number of aryl methyl sites for hydroxylation is 1. The van der Waals surface area contributed by atoms with Gasteiger partial charge in [-0.05, 0) is 36.2 Å². The molecule has 0 spiro atoms. The first-order valence-corrected chi connectivity index (χ1v) is 9.33. The Kier molecular flexibility index (Phi) is 7.92. The molecule has 0 radical (unpaired) electrons. The third kappa shape index (κ3) is 6.33. The summed E-state index contributed by atoms with van der Waals surface area (Å²) >= 11 is 0. The Bertz CT molecular complexity index is 780. The van der Waals surface area contributed by atoms with Crippen LogP contribution in [0.25, 0.3) is 0 Å². The molecule has 1 N–H and O–H groups in total. The van der Waals surface area contributed by atoms with Crippen LogP contribution < -0.4 is 10.1 Å². The van der Waals surface area contributed by atoms with Gasteiger partial charge in [0, 0.05) is 46.6 Å². The van der Waals surface area contributed by atoms with Crippen molar-refractivity contribution in [2.24, 2.45) is 12.0 Å². The number of benzene rings is 1. The minimum absolute atomic E-state index is 0.0262. The summed E-state index contributed by atoms with van der Waals surface area (Å²) in [5, 5.41) is 3.39. The van der Waals surface area contributed by atoms with Crippen molar-refractivity contribution in [1.29, 1.82) is 0 Å². The maximum Gasteiger partial charge on any atom is 0.243 e. The van der Waals surface area contributed by atoms with E-state index in [4.69, 9.17) is 4.74 Å². The molecule has 2 aromatic rings. The normalized spacial score (nSPS) is 11.2. The smallest absolute Gasteiger partial charge is 0.243 e.